The van der Waals surface area contributed by atoms with Crippen molar-refractivity contribution in [3.63, 3.8) is 0 Å². The van der Waals surface area contributed by atoms with E-state index < -0.39 is 28.5 Å². The standard InChI is InChI=1S/C14H25N5O6S.Na/c1-16-4-6-17(7-5-16)8-9-24-13(15)12-3-2-11-10-18(12)14(20)19(11)25-26(21,22)23;/h11-12,15H,2-10H2,1H3,(H,21,22,23);/q;+1/p-1/t11-,12+;/m1./s1. The quantitative estimate of drug-likeness (QED) is 0.153. The fourth-order valence-corrected chi connectivity index (χ4v) is 3.94. The number of hydrogen-bond acceptors (Lipinski definition) is 9. The Kier molecular flexibility index (Phi) is 7.90. The van der Waals surface area contributed by atoms with Crippen molar-refractivity contribution >= 4 is 22.3 Å². The molecule has 27 heavy (non-hydrogen) atoms. The molecule has 3 aliphatic rings. The number of likely N-dealkylation sites (N-methyl/N-ethyl adjacent to an activating group) is 1. The Morgan fingerprint density at radius 3 is 2.56 bits per heavy atom. The first-order chi connectivity index (χ1) is 12.2. The van der Waals surface area contributed by atoms with Gasteiger partial charge in [-0.1, -0.05) is 0 Å². The second-order valence-electron chi connectivity index (χ2n) is 6.85. The van der Waals surface area contributed by atoms with Crippen LogP contribution in [0.25, 0.3) is 0 Å². The normalized spacial score (nSPS) is 26.8. The number of hydroxylamine groups is 2. The molecule has 0 radical (unpaired) electrons. The van der Waals surface area contributed by atoms with Crippen LogP contribution in [-0.4, -0.2) is 110 Å². The molecule has 0 aromatic heterocycles. The van der Waals surface area contributed by atoms with E-state index in [1.54, 1.807) is 0 Å². The second kappa shape index (κ2) is 9.35. The Morgan fingerprint density at radius 1 is 1.26 bits per heavy atom. The van der Waals surface area contributed by atoms with Crippen molar-refractivity contribution in [2.45, 2.75) is 24.9 Å². The minimum Gasteiger partial charge on any atom is -0.724 e. The van der Waals surface area contributed by atoms with E-state index in [1.165, 1.54) is 4.90 Å². The van der Waals surface area contributed by atoms with Gasteiger partial charge in [0, 0.05) is 39.3 Å². The van der Waals surface area contributed by atoms with Crippen molar-refractivity contribution in [2.24, 2.45) is 0 Å². The number of fused-ring (bicyclic) bond motifs is 2. The molecule has 0 aromatic rings. The molecule has 3 heterocycles. The van der Waals surface area contributed by atoms with Crippen LogP contribution < -0.4 is 29.6 Å². The van der Waals surface area contributed by atoms with Gasteiger partial charge in [-0.25, -0.2) is 13.2 Å². The van der Waals surface area contributed by atoms with E-state index in [1.807, 2.05) is 0 Å². The molecule has 0 aliphatic carbocycles. The average Bonchev–Trinajstić information content (AvgIpc) is 2.80. The van der Waals surface area contributed by atoms with Gasteiger partial charge in [0.1, 0.15) is 12.6 Å². The van der Waals surface area contributed by atoms with Crippen LogP contribution in [0, 0.1) is 5.41 Å². The van der Waals surface area contributed by atoms with Crippen LogP contribution in [0.2, 0.25) is 0 Å². The van der Waals surface area contributed by atoms with Crippen LogP contribution in [0.15, 0.2) is 0 Å². The van der Waals surface area contributed by atoms with E-state index in [4.69, 9.17) is 10.1 Å². The summed E-state index contributed by atoms with van der Waals surface area (Å²) in [5.41, 5.74) is 0. The third-order valence-electron chi connectivity index (χ3n) is 5.06. The van der Waals surface area contributed by atoms with Gasteiger partial charge in [0.15, 0.2) is 0 Å². The average molecular weight is 413 g/mol. The zero-order chi connectivity index (χ0) is 18.9. The third kappa shape index (κ3) is 5.76. The first-order valence-electron chi connectivity index (χ1n) is 8.62. The zero-order valence-corrected chi connectivity index (χ0v) is 18.5. The summed E-state index contributed by atoms with van der Waals surface area (Å²) in [6.07, 6.45) is 0.898. The largest absolute Gasteiger partial charge is 1.00 e. The molecule has 13 heteroatoms. The maximum absolute atomic E-state index is 12.3. The van der Waals surface area contributed by atoms with Gasteiger partial charge < -0.3 is 19.1 Å². The van der Waals surface area contributed by atoms with Crippen LogP contribution in [0.1, 0.15) is 12.8 Å². The van der Waals surface area contributed by atoms with Crippen molar-refractivity contribution in [3.05, 3.63) is 0 Å². The smallest absolute Gasteiger partial charge is 0.724 e. The van der Waals surface area contributed by atoms with Crippen molar-refractivity contribution < 1.29 is 56.3 Å². The van der Waals surface area contributed by atoms with E-state index in [0.29, 0.717) is 31.1 Å². The Bertz CT molecular complexity index is 656. The van der Waals surface area contributed by atoms with Gasteiger partial charge in [-0.2, -0.15) is 9.35 Å². The van der Waals surface area contributed by atoms with Gasteiger partial charge >= 0.3 is 35.6 Å². The molecule has 3 aliphatic heterocycles. The van der Waals surface area contributed by atoms with Gasteiger partial charge in [0.25, 0.3) is 0 Å². The number of amides is 2. The fourth-order valence-electron chi connectivity index (χ4n) is 3.55. The van der Waals surface area contributed by atoms with Crippen molar-refractivity contribution in [1.29, 1.82) is 5.41 Å². The van der Waals surface area contributed by atoms with Crippen molar-refractivity contribution in [1.82, 2.24) is 19.8 Å². The first-order valence-corrected chi connectivity index (χ1v) is 9.95. The molecule has 0 saturated carbocycles. The molecule has 3 saturated heterocycles. The van der Waals surface area contributed by atoms with Crippen molar-refractivity contribution in [3.8, 4) is 0 Å². The van der Waals surface area contributed by atoms with Crippen molar-refractivity contribution in [2.75, 3.05) is 52.9 Å². The maximum Gasteiger partial charge on any atom is 1.00 e. The number of urea groups is 1. The van der Waals surface area contributed by atoms with E-state index >= 15 is 0 Å². The molecule has 2 amide bonds. The zero-order valence-electron chi connectivity index (χ0n) is 15.7. The van der Waals surface area contributed by atoms with Crippen LogP contribution in [0.4, 0.5) is 4.79 Å². The van der Waals surface area contributed by atoms with E-state index in [-0.39, 0.29) is 42.0 Å². The Morgan fingerprint density at radius 2 is 1.93 bits per heavy atom. The summed E-state index contributed by atoms with van der Waals surface area (Å²) in [5, 5.41) is 8.75. The van der Waals surface area contributed by atoms with Gasteiger partial charge in [-0.3, -0.25) is 10.3 Å². The predicted octanol–water partition coefficient (Wildman–Crippen LogP) is -4.11. The summed E-state index contributed by atoms with van der Waals surface area (Å²) in [6, 6.07) is -1.78. The molecular formula is C14H24N5NaO6S. The second-order valence-corrected chi connectivity index (χ2v) is 7.81. The molecule has 3 fully saturated rings. The van der Waals surface area contributed by atoms with E-state index in [0.717, 1.165) is 26.2 Å². The number of ether oxygens (including phenoxy) is 1. The number of carbonyl (C=O) groups excluding carboxylic acids is 1. The Hall–Kier alpha value is -0.470. The molecule has 0 unspecified atom stereocenters. The number of nitrogens with one attached hydrogen (secondary N) is 1. The van der Waals surface area contributed by atoms with Crippen LogP contribution in [-0.2, 0) is 19.4 Å². The first kappa shape index (κ1) is 22.8. The van der Waals surface area contributed by atoms with Crippen LogP contribution >= 0.6 is 0 Å². The van der Waals surface area contributed by atoms with Gasteiger partial charge in [0.05, 0.1) is 6.04 Å². The fraction of sp³-hybridized carbons (Fsp3) is 0.857. The number of nitrogens with zero attached hydrogens (tertiary/aromatic N) is 4. The predicted molar refractivity (Wildman–Crippen MR) is 89.1 cm³/mol. The minimum atomic E-state index is -5.01. The Balaban J connectivity index is 0.00000261. The summed E-state index contributed by atoms with van der Waals surface area (Å²) < 4.78 is 42.2. The maximum atomic E-state index is 12.3. The molecule has 2 bridgehead atoms. The SMILES string of the molecule is CN1CCN(CCOC(=N)[C@@H]2CC[C@@H]3CN2C(=O)N3OS(=O)(=O)[O-])CC1.[Na+]. The Labute approximate surface area is 181 Å². The molecule has 0 aromatic carbocycles. The monoisotopic (exact) mass is 413 g/mol. The molecule has 2 atom stereocenters. The number of piperazine rings is 1. The van der Waals surface area contributed by atoms with Crippen LogP contribution in [0.5, 0.6) is 0 Å². The molecule has 1 N–H and O–H groups in total. The molecule has 11 nitrogen and oxygen atoms in total. The molecule has 148 valence electrons. The summed E-state index contributed by atoms with van der Waals surface area (Å²) in [6.45, 7) is 5.20. The number of hydrogen-bond donors (Lipinski definition) is 1. The number of piperidine rings is 1. The summed E-state index contributed by atoms with van der Waals surface area (Å²) >= 11 is 0. The van der Waals surface area contributed by atoms with Gasteiger partial charge in [-0.15, -0.1) is 0 Å². The minimum absolute atomic E-state index is 0. The van der Waals surface area contributed by atoms with E-state index in [2.05, 4.69) is 21.1 Å². The summed E-state index contributed by atoms with van der Waals surface area (Å²) in [5.74, 6) is -0.0160. The third-order valence-corrected chi connectivity index (χ3v) is 5.40. The van der Waals surface area contributed by atoms with Gasteiger partial charge in [0.2, 0.25) is 16.3 Å². The number of carbonyl (C=O) groups is 1. The molecular weight excluding hydrogens is 389 g/mol. The molecule has 3 rings (SSSR count). The summed E-state index contributed by atoms with van der Waals surface area (Å²) in [4.78, 5) is 18.1. The molecule has 0 spiro atoms. The summed E-state index contributed by atoms with van der Waals surface area (Å²) in [7, 11) is -2.93. The van der Waals surface area contributed by atoms with E-state index in [9.17, 15) is 17.8 Å². The van der Waals surface area contributed by atoms with Gasteiger partial charge in [-0.05, 0) is 19.9 Å². The topological polar surface area (TPSA) is 130 Å². The number of rotatable bonds is 6. The van der Waals surface area contributed by atoms with Crippen LogP contribution in [0.3, 0.4) is 0 Å².